The van der Waals surface area contributed by atoms with Crippen molar-refractivity contribution in [1.82, 2.24) is 15.6 Å². The number of likely N-dealkylation sites (N-methyl/N-ethyl adjacent to an activating group) is 1. The third-order valence-corrected chi connectivity index (χ3v) is 5.08. The lowest BCUT2D eigenvalue weighted by molar-refractivity contribution is -0.116. The highest BCUT2D eigenvalue weighted by atomic mass is 32.2. The van der Waals surface area contributed by atoms with E-state index in [-0.39, 0.29) is 12.1 Å². The number of benzene rings is 1. The number of rotatable bonds is 6. The van der Waals surface area contributed by atoms with Crippen LogP contribution in [0.2, 0.25) is 0 Å². The Morgan fingerprint density at radius 1 is 1.42 bits per heavy atom. The molecule has 2 N–H and O–H groups in total. The summed E-state index contributed by atoms with van der Waals surface area (Å²) in [6.45, 7) is 6.82. The molecule has 0 saturated carbocycles. The molecule has 0 aromatic heterocycles. The van der Waals surface area contributed by atoms with E-state index < -0.39 is 0 Å². The maximum Gasteiger partial charge on any atom is 0.243 e. The molecule has 1 unspecified atom stereocenters. The van der Waals surface area contributed by atoms with E-state index in [1.165, 1.54) is 0 Å². The van der Waals surface area contributed by atoms with Crippen molar-refractivity contribution in [1.29, 1.82) is 0 Å². The topological polar surface area (TPSA) is 56.7 Å². The maximum atomic E-state index is 11.7. The molecule has 1 amide bonds. The molecule has 1 atom stereocenters. The average molecular weight is 369 g/mol. The smallest absolute Gasteiger partial charge is 0.243 e. The molecular formula is C20H24N4OS. The monoisotopic (exact) mass is 368 g/mol. The molecule has 0 radical (unpaired) electrons. The van der Waals surface area contributed by atoms with Crippen LogP contribution in [0.5, 0.6) is 0 Å². The van der Waals surface area contributed by atoms with Gasteiger partial charge in [-0.3, -0.25) is 10.2 Å². The van der Waals surface area contributed by atoms with Gasteiger partial charge in [-0.15, -0.1) is 0 Å². The molecule has 2 aliphatic rings. The van der Waals surface area contributed by atoms with Gasteiger partial charge in [-0.1, -0.05) is 43.8 Å². The second kappa shape index (κ2) is 8.27. The van der Waals surface area contributed by atoms with Gasteiger partial charge in [0.05, 0.1) is 0 Å². The van der Waals surface area contributed by atoms with Crippen molar-refractivity contribution < 1.29 is 4.79 Å². The summed E-state index contributed by atoms with van der Waals surface area (Å²) < 4.78 is 0. The zero-order valence-electron chi connectivity index (χ0n) is 15.3. The number of nitrogens with one attached hydrogen (secondary N) is 2. The summed E-state index contributed by atoms with van der Waals surface area (Å²) in [5.41, 5.74) is 4.17. The van der Waals surface area contributed by atoms with Crippen LogP contribution in [-0.4, -0.2) is 29.4 Å². The Bertz CT molecular complexity index is 795. The summed E-state index contributed by atoms with van der Waals surface area (Å²) in [6.07, 6.45) is 9.92. The van der Waals surface area contributed by atoms with Gasteiger partial charge in [0.25, 0.3) is 0 Å². The van der Waals surface area contributed by atoms with Crippen LogP contribution >= 0.6 is 11.8 Å². The summed E-state index contributed by atoms with van der Waals surface area (Å²) >= 11 is 1.69. The molecule has 0 spiro atoms. The summed E-state index contributed by atoms with van der Waals surface area (Å²) in [5, 5.41) is 7.21. The third-order valence-electron chi connectivity index (χ3n) is 4.01. The van der Waals surface area contributed by atoms with Gasteiger partial charge in [0.1, 0.15) is 12.0 Å². The molecule has 0 aliphatic carbocycles. The largest absolute Gasteiger partial charge is 0.353 e. The second-order valence-corrected chi connectivity index (χ2v) is 7.48. The lowest BCUT2D eigenvalue weighted by atomic mass is 10.1. The number of amidine groups is 1. The fraction of sp³-hybridized carbons (Fsp3) is 0.300. The normalized spacial score (nSPS) is 18.6. The Hall–Kier alpha value is -2.47. The molecule has 1 aromatic carbocycles. The number of hydrogen-bond acceptors (Lipinski definition) is 5. The average Bonchev–Trinajstić information content (AvgIpc) is 3.05. The standard InChI is InChI=1S/C20H24N4OS/c1-4-21-19(25)12-9-15-7-5-6-8-17(15)26-16-10-11-18-22-23-20(14(2)3)24(18)13-16/h5-14,18,22H,4H2,1-3H3,(H,21,25)/b12-9+. The van der Waals surface area contributed by atoms with Gasteiger partial charge in [-0.2, -0.15) is 5.10 Å². The molecule has 0 fully saturated rings. The molecule has 136 valence electrons. The van der Waals surface area contributed by atoms with Crippen LogP contribution in [-0.2, 0) is 4.79 Å². The number of fused-ring (bicyclic) bond motifs is 1. The first-order valence-corrected chi connectivity index (χ1v) is 9.64. The second-order valence-electron chi connectivity index (χ2n) is 6.36. The summed E-state index contributed by atoms with van der Waals surface area (Å²) in [7, 11) is 0. The van der Waals surface area contributed by atoms with E-state index in [0.29, 0.717) is 12.5 Å². The molecule has 26 heavy (non-hydrogen) atoms. The maximum absolute atomic E-state index is 11.7. The van der Waals surface area contributed by atoms with Gasteiger partial charge >= 0.3 is 0 Å². The number of allylic oxidation sites excluding steroid dienone is 1. The fourth-order valence-electron chi connectivity index (χ4n) is 2.77. The minimum absolute atomic E-state index is 0.0761. The van der Waals surface area contributed by atoms with Crippen molar-refractivity contribution in [3.63, 3.8) is 0 Å². The number of carbonyl (C=O) groups is 1. The minimum atomic E-state index is -0.0761. The van der Waals surface area contributed by atoms with Crippen LogP contribution in [0.25, 0.3) is 6.08 Å². The van der Waals surface area contributed by atoms with Crippen LogP contribution in [0, 0.1) is 5.92 Å². The zero-order valence-corrected chi connectivity index (χ0v) is 16.1. The van der Waals surface area contributed by atoms with Crippen molar-refractivity contribution in [2.45, 2.75) is 31.8 Å². The summed E-state index contributed by atoms with van der Waals surface area (Å²) in [5.74, 6) is 1.32. The third kappa shape index (κ3) is 4.19. The van der Waals surface area contributed by atoms with E-state index in [1.54, 1.807) is 17.8 Å². The molecule has 0 bridgehead atoms. The molecular weight excluding hydrogens is 344 g/mol. The molecule has 6 heteroatoms. The van der Waals surface area contributed by atoms with Gasteiger partial charge in [0, 0.05) is 34.5 Å². The lowest BCUT2D eigenvalue weighted by Crippen LogP contribution is -2.37. The van der Waals surface area contributed by atoms with E-state index in [2.05, 4.69) is 59.0 Å². The molecule has 3 rings (SSSR count). The van der Waals surface area contributed by atoms with Crippen molar-refractivity contribution in [3.8, 4) is 0 Å². The van der Waals surface area contributed by atoms with Crippen LogP contribution in [0.1, 0.15) is 26.3 Å². The van der Waals surface area contributed by atoms with Gasteiger partial charge < -0.3 is 10.2 Å². The van der Waals surface area contributed by atoms with Crippen molar-refractivity contribution in [3.05, 3.63) is 59.2 Å². The molecule has 2 heterocycles. The highest BCUT2D eigenvalue weighted by Crippen LogP contribution is 2.34. The molecule has 1 aromatic rings. The highest BCUT2D eigenvalue weighted by molar-refractivity contribution is 8.03. The summed E-state index contributed by atoms with van der Waals surface area (Å²) in [6, 6.07) is 8.09. The Kier molecular flexibility index (Phi) is 5.83. The Balaban J connectivity index is 1.77. The number of thioether (sulfide) groups is 1. The van der Waals surface area contributed by atoms with Gasteiger partial charge in [0.2, 0.25) is 5.91 Å². The fourth-order valence-corrected chi connectivity index (χ4v) is 3.73. The summed E-state index contributed by atoms with van der Waals surface area (Å²) in [4.78, 5) is 16.1. The zero-order chi connectivity index (χ0) is 18.5. The van der Waals surface area contributed by atoms with E-state index in [1.807, 2.05) is 31.2 Å². The number of amides is 1. The number of nitrogens with zero attached hydrogens (tertiary/aromatic N) is 2. The highest BCUT2D eigenvalue weighted by Gasteiger charge is 2.28. The van der Waals surface area contributed by atoms with Crippen molar-refractivity contribution >= 4 is 29.6 Å². The minimum Gasteiger partial charge on any atom is -0.353 e. The van der Waals surface area contributed by atoms with Crippen molar-refractivity contribution in [2.75, 3.05) is 6.54 Å². The quantitative estimate of drug-likeness (QED) is 0.754. The van der Waals surface area contributed by atoms with Crippen LogP contribution < -0.4 is 10.7 Å². The lowest BCUT2D eigenvalue weighted by Gasteiger charge is -2.26. The van der Waals surface area contributed by atoms with Crippen LogP contribution in [0.4, 0.5) is 0 Å². The van der Waals surface area contributed by atoms with E-state index in [0.717, 1.165) is 21.2 Å². The van der Waals surface area contributed by atoms with E-state index in [4.69, 9.17) is 0 Å². The Morgan fingerprint density at radius 3 is 3.00 bits per heavy atom. The van der Waals surface area contributed by atoms with E-state index >= 15 is 0 Å². The SMILES string of the molecule is CCNC(=O)/C=C/c1ccccc1SC1=CN2C(C(C)C)=NNC2C=C1. The van der Waals surface area contributed by atoms with Crippen molar-refractivity contribution in [2.24, 2.45) is 11.0 Å². The van der Waals surface area contributed by atoms with Crippen LogP contribution in [0.3, 0.4) is 0 Å². The molecule has 5 nitrogen and oxygen atoms in total. The molecule has 2 aliphatic heterocycles. The van der Waals surface area contributed by atoms with Crippen LogP contribution in [0.15, 0.2) is 63.6 Å². The predicted molar refractivity (Wildman–Crippen MR) is 108 cm³/mol. The van der Waals surface area contributed by atoms with E-state index in [9.17, 15) is 4.79 Å². The predicted octanol–water partition coefficient (Wildman–Crippen LogP) is 3.54. The molecule has 0 saturated heterocycles. The number of hydrogen-bond donors (Lipinski definition) is 2. The van der Waals surface area contributed by atoms with Gasteiger partial charge in [-0.05, 0) is 36.8 Å². The van der Waals surface area contributed by atoms with Gasteiger partial charge in [0.15, 0.2) is 0 Å². The first kappa shape index (κ1) is 18.3. The number of carbonyl (C=O) groups excluding carboxylic acids is 1. The first-order chi connectivity index (χ1) is 12.6. The Labute approximate surface area is 158 Å². The Morgan fingerprint density at radius 2 is 2.23 bits per heavy atom. The number of hydrazone groups is 1. The van der Waals surface area contributed by atoms with Gasteiger partial charge in [-0.25, -0.2) is 0 Å². The first-order valence-electron chi connectivity index (χ1n) is 8.82.